The first-order valence-electron chi connectivity index (χ1n) is 3.94. The molecule has 0 heterocycles. The van der Waals surface area contributed by atoms with Gasteiger partial charge < -0.3 is 25.8 Å². The van der Waals surface area contributed by atoms with Crippen LogP contribution in [0.2, 0.25) is 0 Å². The average Bonchev–Trinajstić information content (AvgIpc) is 1.78. The third kappa shape index (κ3) is 204. The molecule has 0 bridgehead atoms. The fourth-order valence-electron chi connectivity index (χ4n) is 0.596. The van der Waals surface area contributed by atoms with Crippen LogP contribution in [0, 0.1) is 25.4 Å². The second kappa shape index (κ2) is 16.5. The Balaban J connectivity index is -0.0000000700. The summed E-state index contributed by atoms with van der Waals surface area (Å²) in [5.74, 6) is 0. The van der Waals surface area contributed by atoms with Crippen LogP contribution in [-0.2, 0) is 21.1 Å². The van der Waals surface area contributed by atoms with Crippen LogP contribution in [0.4, 0.5) is 0 Å². The Morgan fingerprint density at radius 3 is 1.12 bits per heavy atom. The topological polar surface area (TPSA) is 144 Å². The zero-order valence-corrected chi connectivity index (χ0v) is 11.6. The van der Waals surface area contributed by atoms with Crippen LogP contribution >= 0.6 is 0 Å². The number of hydrogen-bond acceptors (Lipinski definition) is 5. The third-order valence-corrected chi connectivity index (χ3v) is 0.596. The molecule has 0 saturated heterocycles. The van der Waals surface area contributed by atoms with Gasteiger partial charge in [0.1, 0.15) is 0 Å². The van der Waals surface area contributed by atoms with E-state index in [0.29, 0.717) is 12.1 Å². The van der Waals surface area contributed by atoms with Crippen molar-refractivity contribution in [3.8, 4) is 0 Å². The maximum atomic E-state index is 8.36. The molecule has 0 unspecified atom stereocenters. The maximum Gasteiger partial charge on any atom is 0.291 e. The Morgan fingerprint density at radius 1 is 1.00 bits per heavy atom. The van der Waals surface area contributed by atoms with Gasteiger partial charge in [-0.1, -0.05) is 27.7 Å². The van der Waals surface area contributed by atoms with Crippen LogP contribution in [0.3, 0.4) is 0 Å². The van der Waals surface area contributed by atoms with Crippen molar-refractivity contribution in [1.82, 2.24) is 0 Å². The van der Waals surface area contributed by atoms with E-state index in [2.05, 4.69) is 33.0 Å². The van der Waals surface area contributed by atoms with Gasteiger partial charge in [0.15, 0.2) is 0 Å². The van der Waals surface area contributed by atoms with Gasteiger partial charge in [0.25, 0.3) is 5.09 Å². The molecule has 0 saturated carbocycles. The van der Waals surface area contributed by atoms with E-state index in [1.807, 2.05) is 0 Å². The second-order valence-corrected chi connectivity index (χ2v) is 2.80. The van der Waals surface area contributed by atoms with Gasteiger partial charge in [-0.3, -0.25) is 0 Å². The predicted octanol–water partition coefficient (Wildman–Crippen LogP) is 1.59. The zero-order valence-electron chi connectivity index (χ0n) is 9.30. The number of rotatable bonds is 2. The summed E-state index contributed by atoms with van der Waals surface area (Å²) in [5, 5.41) is 32.7. The predicted molar refractivity (Wildman–Crippen MR) is 52.8 cm³/mol. The van der Waals surface area contributed by atoms with Crippen molar-refractivity contribution in [2.24, 2.45) is 0 Å². The first kappa shape index (κ1) is 24.3. The van der Waals surface area contributed by atoms with E-state index in [4.69, 9.17) is 30.6 Å². The second-order valence-electron chi connectivity index (χ2n) is 2.80. The molecule has 0 aliphatic heterocycles. The molecular formula is C6H15N3O6Pt-2. The molecule has 0 aliphatic carbocycles. The molecule has 0 aromatic carbocycles. The van der Waals surface area contributed by atoms with Crippen molar-refractivity contribution in [2.45, 2.75) is 39.8 Å². The maximum absolute atomic E-state index is 8.36. The molecule has 0 aromatic heterocycles. The summed E-state index contributed by atoms with van der Waals surface area (Å²) in [6.07, 6.45) is 0. The van der Waals surface area contributed by atoms with Crippen molar-refractivity contribution in [3.63, 3.8) is 0 Å². The average molecular weight is 420 g/mol. The molecule has 16 heavy (non-hydrogen) atoms. The third-order valence-electron chi connectivity index (χ3n) is 0.596. The molecule has 0 rings (SSSR count). The number of hydrogen-bond donors (Lipinski definition) is 1. The fourth-order valence-corrected chi connectivity index (χ4v) is 0.596. The van der Waals surface area contributed by atoms with Gasteiger partial charge in [-0.15, -0.1) is 22.2 Å². The van der Waals surface area contributed by atoms with Crippen molar-refractivity contribution in [3.05, 3.63) is 30.8 Å². The van der Waals surface area contributed by atoms with E-state index < -0.39 is 10.2 Å². The Labute approximate surface area is 107 Å². The van der Waals surface area contributed by atoms with E-state index in [1.54, 1.807) is 0 Å². The summed E-state index contributed by atoms with van der Waals surface area (Å²) < 4.78 is 0. The molecule has 9 nitrogen and oxygen atoms in total. The summed E-state index contributed by atoms with van der Waals surface area (Å²) in [7, 11) is 0. The standard InChI is InChI=1S/C6H14N.HNO3.NO3.Pt/c1-5(2)7-6(3)4;2*2-1(3)4;/h5-6H,1-4H3;(H,2,3,4);;/q-1;;-1;. The quantitative estimate of drug-likeness (QED) is 0.531. The summed E-state index contributed by atoms with van der Waals surface area (Å²) in [6.45, 7) is 8.39. The first-order valence-corrected chi connectivity index (χ1v) is 3.94. The molecule has 102 valence electrons. The molecule has 0 radical (unpaired) electrons. The summed E-state index contributed by atoms with van der Waals surface area (Å²) >= 11 is 0. The Morgan fingerprint density at radius 2 is 1.12 bits per heavy atom. The molecular weight excluding hydrogens is 405 g/mol. The monoisotopic (exact) mass is 420 g/mol. The van der Waals surface area contributed by atoms with Crippen molar-refractivity contribution >= 4 is 0 Å². The van der Waals surface area contributed by atoms with Gasteiger partial charge in [-0.05, 0) is 0 Å². The van der Waals surface area contributed by atoms with Crippen LogP contribution in [0.5, 0.6) is 0 Å². The van der Waals surface area contributed by atoms with Gasteiger partial charge in [0.2, 0.25) is 0 Å². The van der Waals surface area contributed by atoms with Gasteiger partial charge in [0, 0.05) is 21.1 Å². The van der Waals surface area contributed by atoms with E-state index in [-0.39, 0.29) is 21.1 Å². The van der Waals surface area contributed by atoms with Crippen LogP contribution in [0.1, 0.15) is 27.7 Å². The summed E-state index contributed by atoms with van der Waals surface area (Å²) in [6, 6.07) is 1.000. The normalized spacial score (nSPS) is 7.88. The van der Waals surface area contributed by atoms with Crippen LogP contribution in [0.15, 0.2) is 0 Å². The smallest absolute Gasteiger partial charge is 0.291 e. The van der Waals surface area contributed by atoms with Crippen molar-refractivity contribution in [2.75, 3.05) is 0 Å². The van der Waals surface area contributed by atoms with Gasteiger partial charge in [-0.25, -0.2) is 0 Å². The molecule has 0 spiro atoms. The molecule has 1 N–H and O–H groups in total. The van der Waals surface area contributed by atoms with Crippen molar-refractivity contribution in [1.29, 1.82) is 0 Å². The van der Waals surface area contributed by atoms with Crippen LogP contribution < -0.4 is 0 Å². The Bertz CT molecular complexity index is 152. The van der Waals surface area contributed by atoms with E-state index in [9.17, 15) is 0 Å². The van der Waals surface area contributed by atoms with Crippen LogP contribution in [-0.4, -0.2) is 27.5 Å². The summed E-state index contributed by atoms with van der Waals surface area (Å²) in [5.41, 5.74) is 0. The minimum atomic E-state index is -1.75. The van der Waals surface area contributed by atoms with Gasteiger partial charge in [0.05, 0.1) is 5.09 Å². The van der Waals surface area contributed by atoms with E-state index >= 15 is 0 Å². The van der Waals surface area contributed by atoms with Crippen molar-refractivity contribution < 1.29 is 36.4 Å². The largest absolute Gasteiger partial charge is 0.658 e. The van der Waals surface area contributed by atoms with Gasteiger partial charge >= 0.3 is 0 Å². The SMILES string of the molecule is CC(C)[N-]C(C)C.O=[N+]([O-])O.O=[N+]([O-])[O-].[Pt]. The molecule has 0 aliphatic rings. The minimum absolute atomic E-state index is 0. The molecule has 0 atom stereocenters. The van der Waals surface area contributed by atoms with Gasteiger partial charge in [-0.2, -0.15) is 0 Å². The van der Waals surface area contributed by atoms with E-state index in [0.717, 1.165) is 0 Å². The molecule has 0 amide bonds. The fraction of sp³-hybridized carbons (Fsp3) is 1.00. The summed E-state index contributed by atoms with van der Waals surface area (Å²) in [4.78, 5) is 16.6. The molecule has 0 aromatic rings. The van der Waals surface area contributed by atoms with E-state index in [1.165, 1.54) is 0 Å². The molecule has 10 heteroatoms. The molecule has 0 fully saturated rings. The Kier molecular flexibility index (Phi) is 25.1. The van der Waals surface area contributed by atoms with Crippen LogP contribution in [0.25, 0.3) is 5.32 Å². The number of nitrogens with zero attached hydrogens (tertiary/aromatic N) is 3. The minimum Gasteiger partial charge on any atom is -0.658 e. The Hall–Kier alpha value is -0.952. The zero-order chi connectivity index (χ0) is 13.0. The first-order chi connectivity index (χ1) is 6.59.